The van der Waals surface area contributed by atoms with Crippen molar-refractivity contribution >= 4 is 23.6 Å². The molecule has 0 bridgehead atoms. The molecule has 0 aliphatic heterocycles. The number of ether oxygens (including phenoxy) is 1. The number of carbonyl (C=O) groups is 2. The molecule has 2 atom stereocenters. The van der Waals surface area contributed by atoms with Crippen LogP contribution in [-0.4, -0.2) is 23.2 Å². The first-order chi connectivity index (χ1) is 8.00. The molecule has 1 aromatic rings. The van der Waals surface area contributed by atoms with Crippen LogP contribution in [-0.2, 0) is 14.3 Å². The van der Waals surface area contributed by atoms with E-state index in [1.165, 1.54) is 18.7 Å². The molecule has 1 aromatic carbocycles. The van der Waals surface area contributed by atoms with E-state index >= 15 is 0 Å². The fourth-order valence-electron chi connectivity index (χ4n) is 1.08. The van der Waals surface area contributed by atoms with E-state index in [4.69, 9.17) is 10.5 Å². The molecule has 0 saturated carbocycles. The summed E-state index contributed by atoms with van der Waals surface area (Å²) in [6, 6.07) is 9.51. The first-order valence-electron chi connectivity index (χ1n) is 5.22. The number of hydrogen-bond acceptors (Lipinski definition) is 4. The maximum absolute atomic E-state index is 11.6. The van der Waals surface area contributed by atoms with Crippen LogP contribution in [0.1, 0.15) is 13.8 Å². The maximum Gasteiger partial charge on any atom is 0.319 e. The Morgan fingerprint density at radius 3 is 2.35 bits per heavy atom. The van der Waals surface area contributed by atoms with Crippen molar-refractivity contribution in [1.29, 1.82) is 0 Å². The van der Waals surface area contributed by atoms with E-state index in [1.807, 2.05) is 30.3 Å². The van der Waals surface area contributed by atoms with Crippen molar-refractivity contribution in [2.24, 2.45) is 5.73 Å². The topological polar surface area (TPSA) is 69.4 Å². The van der Waals surface area contributed by atoms with Crippen LogP contribution in [0.25, 0.3) is 0 Å². The number of amides is 1. The van der Waals surface area contributed by atoms with Crippen LogP contribution >= 0.6 is 11.8 Å². The summed E-state index contributed by atoms with van der Waals surface area (Å²) < 4.78 is 4.91. The number of thioether (sulfide) groups is 1. The molecule has 92 valence electrons. The van der Waals surface area contributed by atoms with Crippen molar-refractivity contribution in [3.05, 3.63) is 30.3 Å². The van der Waals surface area contributed by atoms with Crippen LogP contribution in [0.15, 0.2) is 35.2 Å². The Hall–Kier alpha value is -1.49. The van der Waals surface area contributed by atoms with Crippen LogP contribution < -0.4 is 5.73 Å². The normalized spacial score (nSPS) is 13.8. The predicted molar refractivity (Wildman–Crippen MR) is 66.5 cm³/mol. The van der Waals surface area contributed by atoms with Crippen molar-refractivity contribution in [1.82, 2.24) is 0 Å². The van der Waals surface area contributed by atoms with Gasteiger partial charge in [-0.3, -0.25) is 9.59 Å². The summed E-state index contributed by atoms with van der Waals surface area (Å²) in [4.78, 5) is 23.3. The smallest absolute Gasteiger partial charge is 0.319 e. The molecule has 0 fully saturated rings. The lowest BCUT2D eigenvalue weighted by Crippen LogP contribution is -2.32. The number of benzene rings is 1. The van der Waals surface area contributed by atoms with Crippen LogP contribution in [0.5, 0.6) is 0 Å². The van der Waals surface area contributed by atoms with Gasteiger partial charge in [0.05, 0.1) is 0 Å². The molecule has 5 heteroatoms. The second kappa shape index (κ2) is 6.30. The fourth-order valence-corrected chi connectivity index (χ4v) is 1.95. The third kappa shape index (κ3) is 4.48. The number of nitrogens with two attached hydrogens (primary N) is 1. The van der Waals surface area contributed by atoms with Crippen molar-refractivity contribution in [3.63, 3.8) is 0 Å². The zero-order valence-electron chi connectivity index (χ0n) is 9.75. The number of carbonyl (C=O) groups excluding carboxylic acids is 2. The van der Waals surface area contributed by atoms with E-state index in [-0.39, 0.29) is 5.25 Å². The Bertz CT molecular complexity index is 394. The summed E-state index contributed by atoms with van der Waals surface area (Å²) in [5.41, 5.74) is 5.01. The second-order valence-electron chi connectivity index (χ2n) is 3.55. The minimum atomic E-state index is -0.888. The molecular weight excluding hydrogens is 238 g/mol. The molecule has 0 heterocycles. The third-order valence-electron chi connectivity index (χ3n) is 2.08. The van der Waals surface area contributed by atoms with Gasteiger partial charge in [-0.25, -0.2) is 0 Å². The molecule has 0 spiro atoms. The Balaban J connectivity index is 2.50. The van der Waals surface area contributed by atoms with Crippen molar-refractivity contribution in [3.8, 4) is 0 Å². The average molecular weight is 253 g/mol. The first kappa shape index (κ1) is 13.6. The van der Waals surface area contributed by atoms with Gasteiger partial charge in [-0.1, -0.05) is 18.2 Å². The summed E-state index contributed by atoms with van der Waals surface area (Å²) in [7, 11) is 0. The first-order valence-corrected chi connectivity index (χ1v) is 6.10. The average Bonchev–Trinajstić information content (AvgIpc) is 2.29. The van der Waals surface area contributed by atoms with Gasteiger partial charge in [0, 0.05) is 4.90 Å². The summed E-state index contributed by atoms with van der Waals surface area (Å²) in [5.74, 6) is -1.08. The van der Waals surface area contributed by atoms with Gasteiger partial charge in [0.15, 0.2) is 6.10 Å². The van der Waals surface area contributed by atoms with Crippen LogP contribution in [0.3, 0.4) is 0 Å². The molecule has 0 unspecified atom stereocenters. The maximum atomic E-state index is 11.6. The molecule has 2 N–H and O–H groups in total. The lowest BCUT2D eigenvalue weighted by atomic mass is 10.4. The minimum absolute atomic E-state index is 0.376. The minimum Gasteiger partial charge on any atom is -0.452 e. The molecule has 0 saturated heterocycles. The highest BCUT2D eigenvalue weighted by Crippen LogP contribution is 2.23. The van der Waals surface area contributed by atoms with E-state index in [0.29, 0.717) is 0 Å². The van der Waals surface area contributed by atoms with Gasteiger partial charge >= 0.3 is 5.97 Å². The highest BCUT2D eigenvalue weighted by Gasteiger charge is 2.20. The van der Waals surface area contributed by atoms with Crippen molar-refractivity contribution < 1.29 is 14.3 Å². The summed E-state index contributed by atoms with van der Waals surface area (Å²) in [5, 5.41) is -0.376. The Morgan fingerprint density at radius 1 is 1.24 bits per heavy atom. The molecule has 1 rings (SSSR count). The highest BCUT2D eigenvalue weighted by molar-refractivity contribution is 8.00. The van der Waals surface area contributed by atoms with Crippen LogP contribution in [0.2, 0.25) is 0 Å². The van der Waals surface area contributed by atoms with Gasteiger partial charge in [-0.05, 0) is 26.0 Å². The molecule has 17 heavy (non-hydrogen) atoms. The zero-order valence-corrected chi connectivity index (χ0v) is 10.6. The van der Waals surface area contributed by atoms with Gasteiger partial charge in [-0.2, -0.15) is 0 Å². The van der Waals surface area contributed by atoms with E-state index < -0.39 is 18.0 Å². The van der Waals surface area contributed by atoms with E-state index in [2.05, 4.69) is 0 Å². The predicted octanol–water partition coefficient (Wildman–Crippen LogP) is 1.58. The Labute approximate surface area is 105 Å². The monoisotopic (exact) mass is 253 g/mol. The molecule has 0 aromatic heterocycles. The lowest BCUT2D eigenvalue weighted by Gasteiger charge is -2.14. The molecular formula is C12H15NO3S. The molecule has 1 amide bonds. The second-order valence-corrected chi connectivity index (χ2v) is 4.97. The van der Waals surface area contributed by atoms with Crippen molar-refractivity contribution in [2.75, 3.05) is 0 Å². The number of primary amides is 1. The van der Waals surface area contributed by atoms with Gasteiger partial charge < -0.3 is 10.5 Å². The molecule has 4 nitrogen and oxygen atoms in total. The standard InChI is InChI=1S/C12H15NO3S/c1-8(11(13)14)16-12(15)9(2)17-10-6-4-3-5-7-10/h3-9H,1-2H3,(H2,13,14)/t8-,9+/m1/s1. The zero-order chi connectivity index (χ0) is 12.8. The summed E-state index contributed by atoms with van der Waals surface area (Å²) >= 11 is 1.38. The number of rotatable bonds is 5. The van der Waals surface area contributed by atoms with Gasteiger partial charge in [-0.15, -0.1) is 11.8 Å². The van der Waals surface area contributed by atoms with Crippen LogP contribution in [0, 0.1) is 0 Å². The van der Waals surface area contributed by atoms with Gasteiger partial charge in [0.2, 0.25) is 0 Å². The SMILES string of the molecule is C[C@H](Sc1ccccc1)C(=O)O[C@H](C)C(N)=O. The fraction of sp³-hybridized carbons (Fsp3) is 0.333. The third-order valence-corrected chi connectivity index (χ3v) is 3.17. The lowest BCUT2D eigenvalue weighted by molar-refractivity contribution is -0.152. The number of esters is 1. The van der Waals surface area contributed by atoms with E-state index in [0.717, 1.165) is 4.90 Å². The van der Waals surface area contributed by atoms with Gasteiger partial charge in [0.25, 0.3) is 5.91 Å². The largest absolute Gasteiger partial charge is 0.452 e. The summed E-state index contributed by atoms with van der Waals surface area (Å²) in [6.45, 7) is 3.19. The highest BCUT2D eigenvalue weighted by atomic mass is 32.2. The molecule has 0 aliphatic carbocycles. The van der Waals surface area contributed by atoms with E-state index in [1.54, 1.807) is 6.92 Å². The van der Waals surface area contributed by atoms with E-state index in [9.17, 15) is 9.59 Å². The Morgan fingerprint density at radius 2 is 1.82 bits per heavy atom. The van der Waals surface area contributed by atoms with Gasteiger partial charge in [0.1, 0.15) is 5.25 Å². The Kier molecular flexibility index (Phi) is 5.03. The summed E-state index contributed by atoms with van der Waals surface area (Å²) in [6.07, 6.45) is -0.888. The van der Waals surface area contributed by atoms with Crippen molar-refractivity contribution in [2.45, 2.75) is 30.1 Å². The molecule has 0 radical (unpaired) electrons. The van der Waals surface area contributed by atoms with Crippen LogP contribution in [0.4, 0.5) is 0 Å². The molecule has 0 aliphatic rings. The quantitative estimate of drug-likeness (QED) is 0.639. The number of hydrogen-bond donors (Lipinski definition) is 1.